The van der Waals surface area contributed by atoms with Gasteiger partial charge >= 0.3 is 0 Å². The molecule has 4 nitrogen and oxygen atoms in total. The second-order valence-corrected chi connectivity index (χ2v) is 7.58. The van der Waals surface area contributed by atoms with E-state index in [-0.39, 0.29) is 11.9 Å². The number of amides is 1. The number of benzene rings is 1. The molecule has 1 heterocycles. The Morgan fingerprint density at radius 3 is 2.80 bits per heavy atom. The normalized spacial score (nSPS) is 12.2. The number of likely N-dealkylation sites (N-methyl/N-ethyl adjacent to an activating group) is 1. The van der Waals surface area contributed by atoms with Gasteiger partial charge in [0.25, 0.3) is 0 Å². The van der Waals surface area contributed by atoms with Crippen molar-refractivity contribution >= 4 is 28.8 Å². The number of nitrogens with one attached hydrogen (secondary N) is 1. The van der Waals surface area contributed by atoms with E-state index in [0.717, 1.165) is 11.3 Å². The van der Waals surface area contributed by atoms with Crippen LogP contribution in [0.3, 0.4) is 0 Å². The van der Waals surface area contributed by atoms with E-state index in [2.05, 4.69) is 21.7 Å². The van der Waals surface area contributed by atoms with Crippen molar-refractivity contribution in [2.45, 2.75) is 25.8 Å². The number of hydrogen-bond acceptors (Lipinski definition) is 4. The molecule has 1 atom stereocenters. The molecule has 2 rings (SSSR count). The molecule has 0 aliphatic carbocycles. The molecule has 0 bridgehead atoms. The van der Waals surface area contributed by atoms with Gasteiger partial charge in [-0.2, -0.15) is 0 Å². The number of thiophene rings is 1. The summed E-state index contributed by atoms with van der Waals surface area (Å²) in [6, 6.07) is 9.88. The van der Waals surface area contributed by atoms with Crippen molar-refractivity contribution in [1.82, 2.24) is 10.2 Å². The van der Waals surface area contributed by atoms with Crippen molar-refractivity contribution in [2.75, 3.05) is 27.2 Å². The van der Waals surface area contributed by atoms with E-state index in [1.54, 1.807) is 11.3 Å². The first-order valence-electron chi connectivity index (χ1n) is 8.33. The van der Waals surface area contributed by atoms with Gasteiger partial charge in [0.05, 0.1) is 12.6 Å². The largest absolute Gasteiger partial charge is 0.493 e. The first-order chi connectivity index (χ1) is 12.0. The molecular weight excluding hydrogens is 356 g/mol. The lowest BCUT2D eigenvalue weighted by molar-refractivity contribution is -0.121. The van der Waals surface area contributed by atoms with Gasteiger partial charge in [0, 0.05) is 22.9 Å². The first kappa shape index (κ1) is 19.8. The quantitative estimate of drug-likeness (QED) is 0.660. The van der Waals surface area contributed by atoms with E-state index >= 15 is 0 Å². The summed E-state index contributed by atoms with van der Waals surface area (Å²) >= 11 is 7.64. The zero-order valence-corrected chi connectivity index (χ0v) is 16.5. The number of rotatable bonds is 9. The van der Waals surface area contributed by atoms with E-state index in [9.17, 15) is 4.79 Å². The summed E-state index contributed by atoms with van der Waals surface area (Å²) in [6.07, 6.45) is 1.14. The zero-order chi connectivity index (χ0) is 18.2. The van der Waals surface area contributed by atoms with E-state index in [1.165, 1.54) is 4.88 Å². The molecule has 1 aromatic heterocycles. The summed E-state index contributed by atoms with van der Waals surface area (Å²) in [4.78, 5) is 15.4. The average molecular weight is 381 g/mol. The van der Waals surface area contributed by atoms with Gasteiger partial charge in [0.15, 0.2) is 0 Å². The molecule has 6 heteroatoms. The Kier molecular flexibility index (Phi) is 7.75. The molecule has 0 aliphatic heterocycles. The van der Waals surface area contributed by atoms with Crippen molar-refractivity contribution < 1.29 is 9.53 Å². The first-order valence-corrected chi connectivity index (χ1v) is 9.58. The highest BCUT2D eigenvalue weighted by Crippen LogP contribution is 2.23. The summed E-state index contributed by atoms with van der Waals surface area (Å²) in [7, 11) is 4.05. The monoisotopic (exact) mass is 380 g/mol. The van der Waals surface area contributed by atoms with E-state index in [4.69, 9.17) is 16.3 Å². The summed E-state index contributed by atoms with van der Waals surface area (Å²) in [5, 5.41) is 5.78. The van der Waals surface area contributed by atoms with Crippen LogP contribution in [-0.4, -0.2) is 38.1 Å². The predicted octanol–water partition coefficient (Wildman–Crippen LogP) is 4.29. The maximum absolute atomic E-state index is 12.1. The Morgan fingerprint density at radius 1 is 1.36 bits per heavy atom. The van der Waals surface area contributed by atoms with Crippen molar-refractivity contribution in [1.29, 1.82) is 0 Å². The number of nitrogens with zero attached hydrogens (tertiary/aromatic N) is 1. The fraction of sp³-hybridized carbons (Fsp3) is 0.421. The fourth-order valence-electron chi connectivity index (χ4n) is 2.51. The van der Waals surface area contributed by atoms with Crippen LogP contribution in [0.1, 0.15) is 29.3 Å². The Hall–Kier alpha value is -1.56. The number of carbonyl (C=O) groups is 1. The van der Waals surface area contributed by atoms with Crippen LogP contribution in [0.15, 0.2) is 35.7 Å². The van der Waals surface area contributed by atoms with Crippen LogP contribution in [-0.2, 0) is 4.79 Å². The molecule has 0 saturated heterocycles. The molecule has 1 aromatic carbocycles. The second-order valence-electron chi connectivity index (χ2n) is 6.16. The number of aryl methyl sites for hydroxylation is 1. The van der Waals surface area contributed by atoms with Gasteiger partial charge in [0.2, 0.25) is 5.91 Å². The van der Waals surface area contributed by atoms with Crippen LogP contribution in [0.2, 0.25) is 5.02 Å². The Balaban J connectivity index is 1.70. The van der Waals surface area contributed by atoms with Gasteiger partial charge in [-0.05, 0) is 62.6 Å². The molecule has 1 unspecified atom stereocenters. The molecule has 0 spiro atoms. The topological polar surface area (TPSA) is 41.6 Å². The minimum atomic E-state index is 0.0554. The van der Waals surface area contributed by atoms with Crippen LogP contribution in [0, 0.1) is 6.92 Å². The number of halogens is 1. The molecule has 1 amide bonds. The Bertz CT molecular complexity index is 674. The van der Waals surface area contributed by atoms with Gasteiger partial charge in [-0.3, -0.25) is 4.79 Å². The maximum Gasteiger partial charge on any atom is 0.220 e. The molecule has 136 valence electrons. The molecule has 1 N–H and O–H groups in total. The highest BCUT2D eigenvalue weighted by atomic mass is 35.5. The van der Waals surface area contributed by atoms with Gasteiger partial charge in [-0.25, -0.2) is 0 Å². The SMILES string of the molecule is Cc1cc(Cl)ccc1OCCCC(=O)NCC(c1cccs1)N(C)C. The zero-order valence-electron chi connectivity index (χ0n) is 14.9. The standard InChI is InChI=1S/C19H25ClN2O2S/c1-14-12-15(20)8-9-17(14)24-10-4-7-19(23)21-13-16(22(2)3)18-6-5-11-25-18/h5-6,8-9,11-12,16H,4,7,10,13H2,1-3H3,(H,21,23). The third-order valence-electron chi connectivity index (χ3n) is 3.93. The van der Waals surface area contributed by atoms with Crippen LogP contribution < -0.4 is 10.1 Å². The molecule has 0 fully saturated rings. The third-order valence-corrected chi connectivity index (χ3v) is 5.14. The summed E-state index contributed by atoms with van der Waals surface area (Å²) in [5.41, 5.74) is 1.00. The molecule has 0 radical (unpaired) electrons. The number of ether oxygens (including phenoxy) is 1. The van der Waals surface area contributed by atoms with Crippen molar-refractivity contribution in [3.05, 3.63) is 51.2 Å². The summed E-state index contributed by atoms with van der Waals surface area (Å²) in [5.74, 6) is 0.870. The lowest BCUT2D eigenvalue weighted by Gasteiger charge is -2.23. The molecule has 0 aliphatic rings. The van der Waals surface area contributed by atoms with Gasteiger partial charge in [-0.1, -0.05) is 17.7 Å². The lowest BCUT2D eigenvalue weighted by atomic mass is 10.2. The average Bonchev–Trinajstić information content (AvgIpc) is 3.07. The van der Waals surface area contributed by atoms with Gasteiger partial charge in [-0.15, -0.1) is 11.3 Å². The van der Waals surface area contributed by atoms with Crippen LogP contribution in [0.25, 0.3) is 0 Å². The summed E-state index contributed by atoms with van der Waals surface area (Å²) < 4.78 is 5.72. The van der Waals surface area contributed by atoms with Crippen LogP contribution >= 0.6 is 22.9 Å². The van der Waals surface area contributed by atoms with Crippen molar-refractivity contribution in [3.8, 4) is 5.75 Å². The van der Waals surface area contributed by atoms with Crippen molar-refractivity contribution in [2.24, 2.45) is 0 Å². The number of hydrogen-bond donors (Lipinski definition) is 1. The Labute approximate surface area is 158 Å². The maximum atomic E-state index is 12.1. The number of carbonyl (C=O) groups excluding carboxylic acids is 1. The minimum absolute atomic E-state index is 0.0554. The molecular formula is C19H25ClN2O2S. The smallest absolute Gasteiger partial charge is 0.220 e. The fourth-order valence-corrected chi connectivity index (χ4v) is 3.66. The van der Waals surface area contributed by atoms with Gasteiger partial charge in [0.1, 0.15) is 5.75 Å². The predicted molar refractivity (Wildman–Crippen MR) is 105 cm³/mol. The highest BCUT2D eigenvalue weighted by molar-refractivity contribution is 7.10. The van der Waals surface area contributed by atoms with E-state index in [1.807, 2.05) is 45.3 Å². The van der Waals surface area contributed by atoms with Crippen LogP contribution in [0.5, 0.6) is 5.75 Å². The lowest BCUT2D eigenvalue weighted by Crippen LogP contribution is -2.34. The van der Waals surface area contributed by atoms with Crippen molar-refractivity contribution in [3.63, 3.8) is 0 Å². The third kappa shape index (κ3) is 6.34. The second kappa shape index (κ2) is 9.80. The highest BCUT2D eigenvalue weighted by Gasteiger charge is 2.16. The summed E-state index contributed by atoms with van der Waals surface area (Å²) in [6.45, 7) is 3.08. The van der Waals surface area contributed by atoms with Gasteiger partial charge < -0.3 is 15.0 Å². The Morgan fingerprint density at radius 2 is 2.16 bits per heavy atom. The van der Waals surface area contributed by atoms with Crippen LogP contribution in [0.4, 0.5) is 0 Å². The molecule has 0 saturated carbocycles. The minimum Gasteiger partial charge on any atom is -0.493 e. The van der Waals surface area contributed by atoms with E-state index < -0.39 is 0 Å². The molecule has 25 heavy (non-hydrogen) atoms. The molecule has 2 aromatic rings. The van der Waals surface area contributed by atoms with E-state index in [0.29, 0.717) is 31.0 Å².